The Morgan fingerprint density at radius 3 is 2.70 bits per heavy atom. The molecule has 0 aliphatic carbocycles. The largest absolute Gasteiger partial charge is 0.478 e. The molecule has 0 aromatic carbocycles. The predicted molar refractivity (Wildman–Crippen MR) is 72.3 cm³/mol. The Balaban J connectivity index is 2.53. The number of carbonyl (C=O) groups excluding carboxylic acids is 1. The fourth-order valence-corrected chi connectivity index (χ4v) is 1.20. The SMILES string of the molecule is CC(C)(C)OC(=O)NCC#Cc1cncc(C(=O)O)c1. The van der Waals surface area contributed by atoms with E-state index in [9.17, 15) is 9.59 Å². The van der Waals surface area contributed by atoms with Crippen LogP contribution in [0.4, 0.5) is 4.79 Å². The Morgan fingerprint density at radius 1 is 1.40 bits per heavy atom. The molecule has 106 valence electrons. The lowest BCUT2D eigenvalue weighted by molar-refractivity contribution is 0.0534. The van der Waals surface area contributed by atoms with E-state index >= 15 is 0 Å². The second-order valence-corrected chi connectivity index (χ2v) is 4.92. The lowest BCUT2D eigenvalue weighted by Crippen LogP contribution is -2.32. The molecule has 0 aliphatic rings. The van der Waals surface area contributed by atoms with Crippen LogP contribution in [0, 0.1) is 11.8 Å². The maximum atomic E-state index is 11.3. The highest BCUT2D eigenvalue weighted by Gasteiger charge is 2.14. The number of amides is 1. The third kappa shape index (κ3) is 5.87. The molecule has 0 bridgehead atoms. The summed E-state index contributed by atoms with van der Waals surface area (Å²) < 4.78 is 5.03. The number of hydrogen-bond donors (Lipinski definition) is 2. The van der Waals surface area contributed by atoms with E-state index in [1.807, 2.05) is 0 Å². The van der Waals surface area contributed by atoms with Crippen molar-refractivity contribution in [3.05, 3.63) is 29.6 Å². The van der Waals surface area contributed by atoms with E-state index in [1.54, 1.807) is 20.8 Å². The average molecular weight is 276 g/mol. The minimum absolute atomic E-state index is 0.0666. The number of rotatable bonds is 2. The summed E-state index contributed by atoms with van der Waals surface area (Å²) in [6.45, 7) is 5.40. The third-order valence-electron chi connectivity index (χ3n) is 1.94. The van der Waals surface area contributed by atoms with Gasteiger partial charge >= 0.3 is 12.1 Å². The smallest absolute Gasteiger partial charge is 0.408 e. The number of carbonyl (C=O) groups is 2. The molecule has 1 amide bonds. The number of pyridine rings is 1. The highest BCUT2D eigenvalue weighted by atomic mass is 16.6. The van der Waals surface area contributed by atoms with E-state index in [-0.39, 0.29) is 12.1 Å². The van der Waals surface area contributed by atoms with E-state index in [4.69, 9.17) is 9.84 Å². The van der Waals surface area contributed by atoms with E-state index in [0.717, 1.165) is 0 Å². The molecule has 2 N–H and O–H groups in total. The standard InChI is InChI=1S/C14H16N2O4/c1-14(2,3)20-13(19)16-6-4-5-10-7-11(12(17)18)9-15-8-10/h7-9H,6H2,1-3H3,(H,16,19)(H,17,18). The van der Waals surface area contributed by atoms with E-state index in [2.05, 4.69) is 22.1 Å². The maximum absolute atomic E-state index is 11.3. The number of ether oxygens (including phenoxy) is 1. The molecule has 0 saturated carbocycles. The molecule has 0 spiro atoms. The van der Waals surface area contributed by atoms with Crippen LogP contribution >= 0.6 is 0 Å². The summed E-state index contributed by atoms with van der Waals surface area (Å²) in [5.74, 6) is 4.34. The van der Waals surface area contributed by atoms with Gasteiger partial charge in [0.05, 0.1) is 12.1 Å². The molecule has 0 saturated heterocycles. The highest BCUT2D eigenvalue weighted by molar-refractivity contribution is 5.87. The number of carboxylic acid groups (broad SMARTS) is 1. The van der Waals surface area contributed by atoms with Crippen LogP contribution in [0.25, 0.3) is 0 Å². The fraction of sp³-hybridized carbons (Fsp3) is 0.357. The Labute approximate surface area is 117 Å². The second-order valence-electron chi connectivity index (χ2n) is 4.92. The van der Waals surface area contributed by atoms with E-state index in [0.29, 0.717) is 5.56 Å². The number of carboxylic acids is 1. The summed E-state index contributed by atoms with van der Waals surface area (Å²) in [4.78, 5) is 25.8. The number of aromatic carboxylic acids is 1. The summed E-state index contributed by atoms with van der Waals surface area (Å²) in [5.41, 5.74) is -0.0233. The van der Waals surface area contributed by atoms with Crippen molar-refractivity contribution in [2.45, 2.75) is 26.4 Å². The van der Waals surface area contributed by atoms with Gasteiger partial charge in [0.25, 0.3) is 0 Å². The number of hydrogen-bond acceptors (Lipinski definition) is 4. The van der Waals surface area contributed by atoms with Crippen LogP contribution in [-0.4, -0.2) is 34.3 Å². The summed E-state index contributed by atoms with van der Waals surface area (Å²) >= 11 is 0. The van der Waals surface area contributed by atoms with Gasteiger partial charge in [-0.1, -0.05) is 11.8 Å². The van der Waals surface area contributed by atoms with Gasteiger partial charge in [-0.2, -0.15) is 0 Å². The van der Waals surface area contributed by atoms with Crippen LogP contribution in [0.2, 0.25) is 0 Å². The van der Waals surface area contributed by atoms with Crippen molar-refractivity contribution in [1.29, 1.82) is 0 Å². The van der Waals surface area contributed by atoms with Gasteiger partial charge in [-0.25, -0.2) is 9.59 Å². The van der Waals surface area contributed by atoms with Gasteiger partial charge in [0.2, 0.25) is 0 Å². The molecule has 1 aromatic rings. The number of aromatic nitrogens is 1. The van der Waals surface area contributed by atoms with Gasteiger partial charge in [0.15, 0.2) is 0 Å². The first-order valence-electron chi connectivity index (χ1n) is 5.92. The Morgan fingerprint density at radius 2 is 2.10 bits per heavy atom. The van der Waals surface area contributed by atoms with Gasteiger partial charge in [-0.3, -0.25) is 4.98 Å². The molecule has 0 atom stereocenters. The van der Waals surface area contributed by atoms with Crippen LogP contribution in [0.5, 0.6) is 0 Å². The molecule has 6 heteroatoms. The Kier molecular flexibility index (Phi) is 5.09. The lowest BCUT2D eigenvalue weighted by Gasteiger charge is -2.18. The molecule has 1 aromatic heterocycles. The molecular formula is C14H16N2O4. The first kappa shape index (κ1) is 15.5. The summed E-state index contributed by atoms with van der Waals surface area (Å²) in [6.07, 6.45) is 2.14. The zero-order chi connectivity index (χ0) is 15.2. The first-order valence-corrected chi connectivity index (χ1v) is 5.92. The van der Waals surface area contributed by atoms with E-state index in [1.165, 1.54) is 18.5 Å². The molecule has 6 nitrogen and oxygen atoms in total. The minimum Gasteiger partial charge on any atom is -0.478 e. The quantitative estimate of drug-likeness (QED) is 0.802. The minimum atomic E-state index is -1.06. The molecule has 20 heavy (non-hydrogen) atoms. The van der Waals surface area contributed by atoms with Crippen molar-refractivity contribution >= 4 is 12.1 Å². The predicted octanol–water partition coefficient (Wildman–Crippen LogP) is 1.66. The van der Waals surface area contributed by atoms with Crippen molar-refractivity contribution in [3.8, 4) is 11.8 Å². The lowest BCUT2D eigenvalue weighted by atomic mass is 10.2. The Hall–Kier alpha value is -2.55. The maximum Gasteiger partial charge on any atom is 0.408 e. The molecular weight excluding hydrogens is 260 g/mol. The Bertz CT molecular complexity index is 565. The fourth-order valence-electron chi connectivity index (χ4n) is 1.20. The van der Waals surface area contributed by atoms with Crippen molar-refractivity contribution in [2.75, 3.05) is 6.54 Å². The topological polar surface area (TPSA) is 88.5 Å². The number of nitrogens with zero attached hydrogens (tertiary/aromatic N) is 1. The van der Waals surface area contributed by atoms with E-state index < -0.39 is 17.7 Å². The van der Waals surface area contributed by atoms with Gasteiger partial charge in [-0.15, -0.1) is 0 Å². The van der Waals surface area contributed by atoms with Crippen LogP contribution in [0.3, 0.4) is 0 Å². The molecule has 0 aliphatic heterocycles. The van der Waals surface area contributed by atoms with Crippen molar-refractivity contribution in [2.24, 2.45) is 0 Å². The van der Waals surface area contributed by atoms with Crippen LogP contribution in [0.15, 0.2) is 18.5 Å². The van der Waals surface area contributed by atoms with Gasteiger partial charge in [0, 0.05) is 18.0 Å². The van der Waals surface area contributed by atoms with Crippen LogP contribution in [-0.2, 0) is 4.74 Å². The van der Waals surface area contributed by atoms with Crippen molar-refractivity contribution < 1.29 is 19.4 Å². The zero-order valence-electron chi connectivity index (χ0n) is 11.6. The second kappa shape index (κ2) is 6.57. The highest BCUT2D eigenvalue weighted by Crippen LogP contribution is 2.06. The van der Waals surface area contributed by atoms with Crippen LogP contribution < -0.4 is 5.32 Å². The monoisotopic (exact) mass is 276 g/mol. The summed E-state index contributed by atoms with van der Waals surface area (Å²) in [5, 5.41) is 11.3. The normalized spacial score (nSPS) is 10.2. The van der Waals surface area contributed by atoms with Crippen molar-refractivity contribution in [1.82, 2.24) is 10.3 Å². The van der Waals surface area contributed by atoms with Gasteiger partial charge in [0.1, 0.15) is 5.60 Å². The van der Waals surface area contributed by atoms with Crippen LogP contribution in [0.1, 0.15) is 36.7 Å². The zero-order valence-corrected chi connectivity index (χ0v) is 11.6. The van der Waals surface area contributed by atoms with Gasteiger partial charge < -0.3 is 15.2 Å². The molecule has 0 fully saturated rings. The van der Waals surface area contributed by atoms with Gasteiger partial charge in [-0.05, 0) is 26.8 Å². The summed E-state index contributed by atoms with van der Waals surface area (Å²) in [7, 11) is 0. The third-order valence-corrected chi connectivity index (χ3v) is 1.94. The average Bonchev–Trinajstić information content (AvgIpc) is 2.33. The first-order chi connectivity index (χ1) is 9.28. The number of alkyl carbamates (subject to hydrolysis) is 1. The molecule has 0 unspecified atom stereocenters. The van der Waals surface area contributed by atoms with Crippen molar-refractivity contribution in [3.63, 3.8) is 0 Å². The summed E-state index contributed by atoms with van der Waals surface area (Å²) in [6, 6.07) is 1.41. The molecule has 1 heterocycles. The molecule has 0 radical (unpaired) electrons. The molecule has 1 rings (SSSR count). The number of nitrogens with one attached hydrogen (secondary N) is 1.